The molecule has 0 radical (unpaired) electrons. The average Bonchev–Trinajstić information content (AvgIpc) is 2.14. The summed E-state index contributed by atoms with van der Waals surface area (Å²) in [6.07, 6.45) is -4.19. The number of alkyl halides is 5. The zero-order valence-electron chi connectivity index (χ0n) is 9.04. The molecule has 0 unspecified atom stereocenters. The van der Waals surface area contributed by atoms with Gasteiger partial charge in [-0.05, 0) is 25.9 Å². The second-order valence-corrected chi connectivity index (χ2v) is 3.36. The van der Waals surface area contributed by atoms with E-state index in [2.05, 4.69) is 10.1 Å². The van der Waals surface area contributed by atoms with Crippen molar-refractivity contribution in [2.45, 2.75) is 31.9 Å². The van der Waals surface area contributed by atoms with E-state index < -0.39 is 18.7 Å². The van der Waals surface area contributed by atoms with Crippen molar-refractivity contribution in [3.05, 3.63) is 0 Å². The molecule has 0 aliphatic rings. The van der Waals surface area contributed by atoms with Crippen molar-refractivity contribution in [1.82, 2.24) is 5.32 Å². The molecule has 0 amide bonds. The summed E-state index contributed by atoms with van der Waals surface area (Å²) in [6, 6.07) is 0. The molecule has 0 aromatic carbocycles. The molecule has 0 rings (SSSR count). The van der Waals surface area contributed by atoms with Crippen LogP contribution in [0, 0.1) is 0 Å². The Balaban J connectivity index is 3.51. The lowest BCUT2D eigenvalue weighted by molar-refractivity contribution is -0.296. The van der Waals surface area contributed by atoms with Gasteiger partial charge in [0.05, 0.1) is 0 Å². The van der Waals surface area contributed by atoms with Crippen LogP contribution in [0.5, 0.6) is 0 Å². The molecule has 16 heavy (non-hydrogen) atoms. The summed E-state index contributed by atoms with van der Waals surface area (Å²) in [5.74, 6) is -4.76. The molecular weight excluding hydrogens is 233 g/mol. The Morgan fingerprint density at radius 2 is 1.69 bits per heavy atom. The zero-order valence-corrected chi connectivity index (χ0v) is 9.04. The van der Waals surface area contributed by atoms with Gasteiger partial charge in [0.15, 0.2) is 0 Å². The maximum absolute atomic E-state index is 12.3. The number of halogens is 5. The molecular formula is C9H16F5NO. The van der Waals surface area contributed by atoms with E-state index in [1.165, 1.54) is 0 Å². The lowest BCUT2D eigenvalue weighted by Crippen LogP contribution is -2.40. The van der Waals surface area contributed by atoms with Gasteiger partial charge in [-0.25, -0.2) is 0 Å². The van der Waals surface area contributed by atoms with Crippen LogP contribution in [0.3, 0.4) is 0 Å². The first-order valence-electron chi connectivity index (χ1n) is 5.04. The molecule has 0 heterocycles. The molecule has 0 saturated carbocycles. The Labute approximate surface area is 91.1 Å². The lowest BCUT2D eigenvalue weighted by atomic mass is 10.3. The SMILES string of the molecule is CCCNCCCOCC(F)(F)C(F)(F)F. The summed E-state index contributed by atoms with van der Waals surface area (Å²) in [6.45, 7) is 1.59. The molecule has 0 aliphatic carbocycles. The van der Waals surface area contributed by atoms with Crippen LogP contribution in [0.4, 0.5) is 22.0 Å². The Bertz CT molecular complexity index is 183. The van der Waals surface area contributed by atoms with Gasteiger partial charge in [0.1, 0.15) is 6.61 Å². The second kappa shape index (κ2) is 7.01. The highest BCUT2D eigenvalue weighted by atomic mass is 19.4. The molecule has 0 bridgehead atoms. The maximum atomic E-state index is 12.3. The second-order valence-electron chi connectivity index (χ2n) is 3.36. The molecule has 0 aromatic rings. The minimum absolute atomic E-state index is 0.109. The van der Waals surface area contributed by atoms with E-state index in [4.69, 9.17) is 0 Å². The molecule has 0 saturated heterocycles. The Kier molecular flexibility index (Phi) is 6.82. The van der Waals surface area contributed by atoms with Crippen LogP contribution in [-0.2, 0) is 4.74 Å². The van der Waals surface area contributed by atoms with Gasteiger partial charge < -0.3 is 10.1 Å². The molecule has 7 heteroatoms. The zero-order chi connectivity index (χ0) is 12.7. The smallest absolute Gasteiger partial charge is 0.375 e. The van der Waals surface area contributed by atoms with E-state index in [-0.39, 0.29) is 6.61 Å². The molecule has 0 aliphatic heterocycles. The van der Waals surface area contributed by atoms with Gasteiger partial charge in [-0.3, -0.25) is 0 Å². The largest absolute Gasteiger partial charge is 0.455 e. The topological polar surface area (TPSA) is 21.3 Å². The van der Waals surface area contributed by atoms with E-state index in [1.807, 2.05) is 6.92 Å². The van der Waals surface area contributed by atoms with Gasteiger partial charge in [0.25, 0.3) is 0 Å². The first kappa shape index (κ1) is 15.6. The van der Waals surface area contributed by atoms with E-state index in [0.29, 0.717) is 13.0 Å². The lowest BCUT2D eigenvalue weighted by Gasteiger charge is -2.19. The molecule has 0 aromatic heterocycles. The minimum atomic E-state index is -5.53. The number of nitrogens with one attached hydrogen (secondary N) is 1. The molecule has 1 N–H and O–H groups in total. The third-order valence-electron chi connectivity index (χ3n) is 1.77. The molecule has 0 fully saturated rings. The van der Waals surface area contributed by atoms with Gasteiger partial charge in [-0.15, -0.1) is 0 Å². The van der Waals surface area contributed by atoms with Crippen LogP contribution in [-0.4, -0.2) is 38.4 Å². The fraction of sp³-hybridized carbons (Fsp3) is 1.00. The molecule has 0 atom stereocenters. The predicted octanol–water partition coefficient (Wildman–Crippen LogP) is 2.59. The Morgan fingerprint density at radius 1 is 1.06 bits per heavy atom. The van der Waals surface area contributed by atoms with Crippen LogP contribution in [0.2, 0.25) is 0 Å². The average molecular weight is 249 g/mol. The summed E-state index contributed by atoms with van der Waals surface area (Å²) >= 11 is 0. The minimum Gasteiger partial charge on any atom is -0.375 e. The Morgan fingerprint density at radius 3 is 2.19 bits per heavy atom. The first-order chi connectivity index (χ1) is 7.31. The first-order valence-corrected chi connectivity index (χ1v) is 5.04. The van der Waals surface area contributed by atoms with Gasteiger partial charge >= 0.3 is 12.1 Å². The normalized spacial score (nSPS) is 13.1. The van der Waals surface area contributed by atoms with E-state index in [9.17, 15) is 22.0 Å². The summed E-state index contributed by atoms with van der Waals surface area (Å²) < 4.78 is 63.9. The van der Waals surface area contributed by atoms with Crippen LogP contribution >= 0.6 is 0 Å². The molecule has 0 spiro atoms. The highest BCUT2D eigenvalue weighted by Crippen LogP contribution is 2.35. The van der Waals surface area contributed by atoms with Crippen molar-refractivity contribution < 1.29 is 26.7 Å². The van der Waals surface area contributed by atoms with Gasteiger partial charge in [-0.2, -0.15) is 22.0 Å². The number of hydrogen-bond donors (Lipinski definition) is 1. The van der Waals surface area contributed by atoms with Crippen molar-refractivity contribution in [2.75, 3.05) is 26.3 Å². The summed E-state index contributed by atoms with van der Waals surface area (Å²) in [5.41, 5.74) is 0. The maximum Gasteiger partial charge on any atom is 0.455 e. The van der Waals surface area contributed by atoms with Crippen molar-refractivity contribution in [3.63, 3.8) is 0 Å². The Hall–Kier alpha value is -0.430. The van der Waals surface area contributed by atoms with E-state index >= 15 is 0 Å². The third kappa shape index (κ3) is 6.22. The fourth-order valence-electron chi connectivity index (χ4n) is 0.883. The van der Waals surface area contributed by atoms with Gasteiger partial charge in [0.2, 0.25) is 0 Å². The molecule has 98 valence electrons. The number of hydrogen-bond acceptors (Lipinski definition) is 2. The number of ether oxygens (including phenoxy) is 1. The summed E-state index contributed by atoms with van der Waals surface area (Å²) in [7, 11) is 0. The third-order valence-corrected chi connectivity index (χ3v) is 1.77. The highest BCUT2D eigenvalue weighted by molar-refractivity contribution is 4.74. The monoisotopic (exact) mass is 249 g/mol. The van der Waals surface area contributed by atoms with Crippen LogP contribution in [0.25, 0.3) is 0 Å². The van der Waals surface area contributed by atoms with Crippen LogP contribution in [0.15, 0.2) is 0 Å². The predicted molar refractivity (Wildman–Crippen MR) is 49.6 cm³/mol. The number of rotatable bonds is 8. The van der Waals surface area contributed by atoms with Crippen molar-refractivity contribution >= 4 is 0 Å². The van der Waals surface area contributed by atoms with E-state index in [1.54, 1.807) is 0 Å². The highest BCUT2D eigenvalue weighted by Gasteiger charge is 2.57. The standard InChI is InChI=1S/C9H16F5NO/c1-2-4-15-5-3-6-16-7-8(10,11)9(12,13)14/h15H,2-7H2,1H3. The fourth-order valence-corrected chi connectivity index (χ4v) is 0.883. The van der Waals surface area contributed by atoms with Crippen molar-refractivity contribution in [1.29, 1.82) is 0 Å². The van der Waals surface area contributed by atoms with Crippen LogP contribution < -0.4 is 5.32 Å². The molecule has 2 nitrogen and oxygen atoms in total. The van der Waals surface area contributed by atoms with Crippen LogP contribution in [0.1, 0.15) is 19.8 Å². The van der Waals surface area contributed by atoms with Gasteiger partial charge in [-0.1, -0.05) is 6.92 Å². The van der Waals surface area contributed by atoms with Gasteiger partial charge in [0, 0.05) is 6.61 Å². The van der Waals surface area contributed by atoms with Crippen molar-refractivity contribution in [3.8, 4) is 0 Å². The summed E-state index contributed by atoms with van der Waals surface area (Å²) in [5, 5.41) is 2.97. The van der Waals surface area contributed by atoms with Crippen molar-refractivity contribution in [2.24, 2.45) is 0 Å². The van der Waals surface area contributed by atoms with E-state index in [0.717, 1.165) is 13.0 Å². The quantitative estimate of drug-likeness (QED) is 0.527. The summed E-state index contributed by atoms with van der Waals surface area (Å²) in [4.78, 5) is 0.